The Hall–Kier alpha value is -1.26. The van der Waals surface area contributed by atoms with Crippen LogP contribution in [-0.4, -0.2) is 18.8 Å². The molecule has 0 bridgehead atoms. The van der Waals surface area contributed by atoms with Crippen molar-refractivity contribution in [2.45, 2.75) is 12.0 Å². The third-order valence-corrected chi connectivity index (χ3v) is 3.99. The van der Waals surface area contributed by atoms with Crippen molar-refractivity contribution in [2.75, 3.05) is 13.7 Å². The van der Waals surface area contributed by atoms with E-state index < -0.39 is 6.10 Å². The smallest absolute Gasteiger partial charge is 0.119 e. The Morgan fingerprint density at radius 2 is 1.95 bits per heavy atom. The fraction of sp³-hybridized carbons (Fsp3) is 0.250. The van der Waals surface area contributed by atoms with Gasteiger partial charge in [-0.15, -0.1) is 0 Å². The summed E-state index contributed by atoms with van der Waals surface area (Å²) in [6, 6.07) is 12.5. The molecular weight excluding hydrogens is 309 g/mol. The summed E-state index contributed by atoms with van der Waals surface area (Å²) < 4.78 is 5.18. The van der Waals surface area contributed by atoms with Gasteiger partial charge in [0, 0.05) is 22.5 Å². The average Bonchev–Trinajstić information content (AvgIpc) is 2.50. The van der Waals surface area contributed by atoms with Gasteiger partial charge < -0.3 is 15.6 Å². The molecule has 0 spiro atoms. The van der Waals surface area contributed by atoms with Crippen molar-refractivity contribution in [3.05, 3.63) is 63.6 Å². The first kappa shape index (κ1) is 16.1. The maximum atomic E-state index is 10.6. The molecule has 2 aromatic carbocycles. The van der Waals surface area contributed by atoms with Crippen LogP contribution >= 0.6 is 23.2 Å². The normalized spacial score (nSPS) is 13.8. The van der Waals surface area contributed by atoms with Gasteiger partial charge in [-0.25, -0.2) is 0 Å². The Morgan fingerprint density at radius 1 is 1.19 bits per heavy atom. The summed E-state index contributed by atoms with van der Waals surface area (Å²) in [6.07, 6.45) is -0.774. The van der Waals surface area contributed by atoms with E-state index in [0.29, 0.717) is 15.8 Å². The lowest BCUT2D eigenvalue weighted by Crippen LogP contribution is -2.20. The number of aliphatic hydroxyl groups excluding tert-OH is 1. The molecule has 0 heterocycles. The zero-order valence-electron chi connectivity index (χ0n) is 11.6. The van der Waals surface area contributed by atoms with Gasteiger partial charge in [0.25, 0.3) is 0 Å². The van der Waals surface area contributed by atoms with Crippen LogP contribution in [0.2, 0.25) is 10.0 Å². The fourth-order valence-corrected chi connectivity index (χ4v) is 2.83. The van der Waals surface area contributed by atoms with Crippen LogP contribution in [0.4, 0.5) is 0 Å². The van der Waals surface area contributed by atoms with Gasteiger partial charge in [0.2, 0.25) is 0 Å². The first-order chi connectivity index (χ1) is 10.1. The predicted octanol–water partition coefficient (Wildman–Crippen LogP) is 3.78. The van der Waals surface area contributed by atoms with Gasteiger partial charge in [-0.1, -0.05) is 41.4 Å². The Bertz CT molecular complexity index is 619. The van der Waals surface area contributed by atoms with E-state index in [4.69, 9.17) is 33.7 Å². The molecule has 0 aliphatic rings. The van der Waals surface area contributed by atoms with Gasteiger partial charge >= 0.3 is 0 Å². The van der Waals surface area contributed by atoms with E-state index in [2.05, 4.69) is 0 Å². The van der Waals surface area contributed by atoms with E-state index >= 15 is 0 Å². The summed E-state index contributed by atoms with van der Waals surface area (Å²) in [5.41, 5.74) is 7.35. The third-order valence-electron chi connectivity index (χ3n) is 3.43. The summed E-state index contributed by atoms with van der Waals surface area (Å²) in [5, 5.41) is 11.7. The number of hydrogen-bond acceptors (Lipinski definition) is 3. The summed E-state index contributed by atoms with van der Waals surface area (Å²) in [5.74, 6) is 0.367. The largest absolute Gasteiger partial charge is 0.497 e. The second kappa shape index (κ2) is 7.14. The maximum Gasteiger partial charge on any atom is 0.119 e. The average molecular weight is 326 g/mol. The Labute approximate surface area is 134 Å². The highest BCUT2D eigenvalue weighted by Gasteiger charge is 2.24. The zero-order valence-corrected chi connectivity index (χ0v) is 13.1. The lowest BCUT2D eigenvalue weighted by molar-refractivity contribution is 0.147. The summed E-state index contributed by atoms with van der Waals surface area (Å²) in [7, 11) is 1.59. The van der Waals surface area contributed by atoms with Crippen molar-refractivity contribution in [2.24, 2.45) is 5.73 Å². The molecule has 3 N–H and O–H groups in total. The van der Waals surface area contributed by atoms with Crippen LogP contribution in [0.15, 0.2) is 42.5 Å². The van der Waals surface area contributed by atoms with E-state index in [0.717, 1.165) is 11.1 Å². The Kier molecular flexibility index (Phi) is 5.48. The van der Waals surface area contributed by atoms with Crippen LogP contribution in [0.3, 0.4) is 0 Å². The molecule has 2 rings (SSSR count). The number of ether oxygens (including phenoxy) is 1. The van der Waals surface area contributed by atoms with Crippen molar-refractivity contribution < 1.29 is 9.84 Å². The Balaban J connectivity index is 2.35. The topological polar surface area (TPSA) is 55.5 Å². The molecule has 0 saturated carbocycles. The molecule has 2 atom stereocenters. The van der Waals surface area contributed by atoms with Crippen molar-refractivity contribution in [1.29, 1.82) is 0 Å². The molecule has 0 saturated heterocycles. The van der Waals surface area contributed by atoms with Crippen molar-refractivity contribution in [3.8, 4) is 5.75 Å². The summed E-state index contributed by atoms with van der Waals surface area (Å²) in [4.78, 5) is 0. The van der Waals surface area contributed by atoms with E-state index in [1.807, 2.05) is 18.2 Å². The number of rotatable bonds is 5. The number of halogens is 2. The van der Waals surface area contributed by atoms with Gasteiger partial charge in [-0.2, -0.15) is 0 Å². The molecule has 21 heavy (non-hydrogen) atoms. The zero-order chi connectivity index (χ0) is 15.4. The highest BCUT2D eigenvalue weighted by atomic mass is 35.5. The molecule has 0 radical (unpaired) electrons. The quantitative estimate of drug-likeness (QED) is 0.879. The third kappa shape index (κ3) is 3.69. The van der Waals surface area contributed by atoms with Gasteiger partial charge in [0.05, 0.1) is 13.2 Å². The molecule has 112 valence electrons. The van der Waals surface area contributed by atoms with Gasteiger partial charge in [-0.3, -0.25) is 0 Å². The lowest BCUT2D eigenvalue weighted by atomic mass is 9.89. The second-order valence-electron chi connectivity index (χ2n) is 4.73. The molecule has 0 amide bonds. The minimum Gasteiger partial charge on any atom is -0.497 e. The number of aliphatic hydroxyl groups is 1. The minimum atomic E-state index is -0.774. The molecule has 5 heteroatoms. The van der Waals surface area contributed by atoms with E-state index in [1.165, 1.54) is 0 Å². The molecule has 2 aromatic rings. The first-order valence-electron chi connectivity index (χ1n) is 6.54. The maximum absolute atomic E-state index is 10.6. The number of nitrogens with two attached hydrogens (primary N) is 1. The number of benzene rings is 2. The van der Waals surface area contributed by atoms with Gasteiger partial charge in [0.1, 0.15) is 5.75 Å². The fourth-order valence-electron chi connectivity index (χ4n) is 2.29. The molecule has 0 aliphatic heterocycles. The summed E-state index contributed by atoms with van der Waals surface area (Å²) >= 11 is 12.1. The highest BCUT2D eigenvalue weighted by molar-refractivity contribution is 6.35. The molecule has 3 nitrogen and oxygen atoms in total. The standard InChI is InChI=1S/C16H17Cl2NO2/c1-21-12-4-2-3-10(7-12)16(20)14(9-19)13-6-5-11(17)8-15(13)18/h2-8,14,16,20H,9,19H2,1H3. The van der Waals surface area contributed by atoms with Crippen molar-refractivity contribution >= 4 is 23.2 Å². The van der Waals surface area contributed by atoms with Crippen LogP contribution in [-0.2, 0) is 0 Å². The monoisotopic (exact) mass is 325 g/mol. The minimum absolute atomic E-state index is 0.264. The molecular formula is C16H17Cl2NO2. The van der Waals surface area contributed by atoms with E-state index in [9.17, 15) is 5.11 Å². The molecule has 0 aliphatic carbocycles. The molecule has 0 aromatic heterocycles. The Morgan fingerprint density at radius 3 is 2.57 bits per heavy atom. The highest BCUT2D eigenvalue weighted by Crippen LogP contribution is 2.36. The van der Waals surface area contributed by atoms with E-state index in [-0.39, 0.29) is 12.5 Å². The predicted molar refractivity (Wildman–Crippen MR) is 86.2 cm³/mol. The van der Waals surface area contributed by atoms with Crippen LogP contribution in [0.25, 0.3) is 0 Å². The number of hydrogen-bond donors (Lipinski definition) is 2. The van der Waals surface area contributed by atoms with Crippen molar-refractivity contribution in [3.63, 3.8) is 0 Å². The first-order valence-corrected chi connectivity index (χ1v) is 7.29. The lowest BCUT2D eigenvalue weighted by Gasteiger charge is -2.23. The summed E-state index contributed by atoms with van der Waals surface area (Å²) in [6.45, 7) is 0.264. The molecule has 0 fully saturated rings. The second-order valence-corrected chi connectivity index (χ2v) is 5.57. The number of methoxy groups -OCH3 is 1. The van der Waals surface area contributed by atoms with Crippen molar-refractivity contribution in [1.82, 2.24) is 0 Å². The van der Waals surface area contributed by atoms with Crippen LogP contribution in [0.5, 0.6) is 5.75 Å². The van der Waals surface area contributed by atoms with Crippen LogP contribution < -0.4 is 10.5 Å². The van der Waals surface area contributed by atoms with E-state index in [1.54, 1.807) is 31.4 Å². The van der Waals surface area contributed by atoms with Crippen LogP contribution in [0.1, 0.15) is 23.1 Å². The SMILES string of the molecule is COc1cccc(C(O)C(CN)c2ccc(Cl)cc2Cl)c1. The van der Waals surface area contributed by atoms with Gasteiger partial charge in [-0.05, 0) is 35.4 Å². The van der Waals surface area contributed by atoms with Gasteiger partial charge in [0.15, 0.2) is 0 Å². The molecule has 2 unspecified atom stereocenters. The van der Waals surface area contributed by atoms with Crippen LogP contribution in [0, 0.1) is 0 Å².